The number of imidazole rings is 1. The van der Waals surface area contributed by atoms with E-state index in [0.29, 0.717) is 12.0 Å². The maximum Gasteiger partial charge on any atom is 0.193 e. The Kier molecular flexibility index (Phi) is 9.76. The SMILES string of the molecule is CCCOc1cccc(CCNC(=NC)N2CCC(C)C(n3ccnc3)C2)c1.I. The third kappa shape index (κ3) is 6.62. The molecule has 1 aliphatic rings. The molecule has 0 bridgehead atoms. The van der Waals surface area contributed by atoms with Crippen molar-refractivity contribution in [3.8, 4) is 5.75 Å². The molecule has 1 fully saturated rings. The summed E-state index contributed by atoms with van der Waals surface area (Å²) in [5, 5.41) is 3.54. The first-order valence-corrected chi connectivity index (χ1v) is 10.4. The quantitative estimate of drug-likeness (QED) is 0.347. The molecule has 0 aliphatic carbocycles. The summed E-state index contributed by atoms with van der Waals surface area (Å²) in [6, 6.07) is 8.81. The number of guanidine groups is 1. The molecule has 7 heteroatoms. The minimum Gasteiger partial charge on any atom is -0.494 e. The van der Waals surface area contributed by atoms with Crippen molar-refractivity contribution in [2.45, 2.75) is 39.2 Å². The first kappa shape index (κ1) is 23.5. The fourth-order valence-electron chi connectivity index (χ4n) is 3.76. The van der Waals surface area contributed by atoms with E-state index in [1.807, 2.05) is 25.6 Å². The zero-order chi connectivity index (χ0) is 19.8. The summed E-state index contributed by atoms with van der Waals surface area (Å²) in [5.41, 5.74) is 1.28. The minimum atomic E-state index is 0. The van der Waals surface area contributed by atoms with Crippen LogP contribution in [-0.4, -0.2) is 53.7 Å². The topological polar surface area (TPSA) is 54.7 Å². The maximum absolute atomic E-state index is 5.74. The number of halogens is 1. The van der Waals surface area contributed by atoms with E-state index in [4.69, 9.17) is 4.74 Å². The largest absolute Gasteiger partial charge is 0.494 e. The number of hydrogen-bond donors (Lipinski definition) is 1. The number of likely N-dealkylation sites (tertiary alicyclic amines) is 1. The highest BCUT2D eigenvalue weighted by atomic mass is 127. The second-order valence-electron chi connectivity index (χ2n) is 7.51. The number of benzene rings is 1. The molecule has 2 aromatic rings. The van der Waals surface area contributed by atoms with Gasteiger partial charge in [-0.3, -0.25) is 4.99 Å². The lowest BCUT2D eigenvalue weighted by molar-refractivity contribution is 0.189. The van der Waals surface area contributed by atoms with E-state index in [0.717, 1.165) is 57.2 Å². The van der Waals surface area contributed by atoms with E-state index in [9.17, 15) is 0 Å². The van der Waals surface area contributed by atoms with Crippen LogP contribution in [0.5, 0.6) is 5.75 Å². The molecule has 1 aliphatic heterocycles. The predicted molar refractivity (Wildman–Crippen MR) is 129 cm³/mol. The smallest absolute Gasteiger partial charge is 0.193 e. The van der Waals surface area contributed by atoms with Crippen LogP contribution in [0.25, 0.3) is 0 Å². The Labute approximate surface area is 191 Å². The van der Waals surface area contributed by atoms with Crippen molar-refractivity contribution < 1.29 is 4.74 Å². The van der Waals surface area contributed by atoms with Gasteiger partial charge < -0.3 is 19.5 Å². The number of nitrogens with zero attached hydrogens (tertiary/aromatic N) is 4. The van der Waals surface area contributed by atoms with Crippen LogP contribution in [0.15, 0.2) is 48.0 Å². The first-order valence-electron chi connectivity index (χ1n) is 10.4. The van der Waals surface area contributed by atoms with Crippen LogP contribution in [-0.2, 0) is 6.42 Å². The summed E-state index contributed by atoms with van der Waals surface area (Å²) in [5.74, 6) is 2.57. The summed E-state index contributed by atoms with van der Waals surface area (Å²) < 4.78 is 7.97. The fraction of sp³-hybridized carbons (Fsp3) is 0.545. The lowest BCUT2D eigenvalue weighted by Gasteiger charge is -2.39. The molecule has 1 N–H and O–H groups in total. The molecule has 160 valence electrons. The van der Waals surface area contributed by atoms with Gasteiger partial charge in [-0.1, -0.05) is 26.0 Å². The molecule has 2 atom stereocenters. The standard InChI is InChI=1S/C22H33N5O.HI/c1-4-14-28-20-7-5-6-19(15-20)8-10-25-22(23-3)26-12-9-18(2)21(16-26)27-13-11-24-17-27;/h5-7,11,13,15,17-18,21H,4,8-10,12,14,16H2,1-3H3,(H,23,25);1H. The van der Waals surface area contributed by atoms with Crippen LogP contribution in [0.2, 0.25) is 0 Å². The molecule has 1 saturated heterocycles. The van der Waals surface area contributed by atoms with E-state index in [2.05, 4.69) is 63.0 Å². The second kappa shape index (κ2) is 12.0. The zero-order valence-electron chi connectivity index (χ0n) is 17.8. The molecule has 1 aromatic carbocycles. The molecule has 2 unspecified atom stereocenters. The average Bonchev–Trinajstić information content (AvgIpc) is 3.25. The minimum absolute atomic E-state index is 0. The lowest BCUT2D eigenvalue weighted by atomic mass is 9.93. The van der Waals surface area contributed by atoms with Gasteiger partial charge >= 0.3 is 0 Å². The fourth-order valence-corrected chi connectivity index (χ4v) is 3.76. The molecule has 0 radical (unpaired) electrons. The lowest BCUT2D eigenvalue weighted by Crippen LogP contribution is -2.49. The van der Waals surface area contributed by atoms with E-state index in [-0.39, 0.29) is 24.0 Å². The Balaban J connectivity index is 0.00000300. The van der Waals surface area contributed by atoms with Crippen LogP contribution >= 0.6 is 24.0 Å². The van der Waals surface area contributed by atoms with Crippen LogP contribution in [0.3, 0.4) is 0 Å². The molecule has 29 heavy (non-hydrogen) atoms. The van der Waals surface area contributed by atoms with Crippen molar-refractivity contribution >= 4 is 29.9 Å². The highest BCUT2D eigenvalue weighted by Gasteiger charge is 2.28. The van der Waals surface area contributed by atoms with Gasteiger partial charge in [-0.2, -0.15) is 0 Å². The van der Waals surface area contributed by atoms with Gasteiger partial charge in [0.2, 0.25) is 0 Å². The average molecular weight is 511 g/mol. The van der Waals surface area contributed by atoms with Crippen LogP contribution in [0.4, 0.5) is 0 Å². The second-order valence-corrected chi connectivity index (χ2v) is 7.51. The number of aliphatic imine (C=N–C) groups is 1. The normalized spacial score (nSPS) is 19.6. The Morgan fingerprint density at radius 3 is 2.97 bits per heavy atom. The number of nitrogens with one attached hydrogen (secondary N) is 1. The number of piperidine rings is 1. The Morgan fingerprint density at radius 2 is 2.24 bits per heavy atom. The summed E-state index contributed by atoms with van der Waals surface area (Å²) in [6.45, 7) is 8.05. The van der Waals surface area contributed by atoms with Crippen LogP contribution < -0.4 is 10.1 Å². The van der Waals surface area contributed by atoms with Gasteiger partial charge in [0, 0.05) is 39.1 Å². The van der Waals surface area contributed by atoms with Crippen molar-refractivity contribution in [2.75, 3.05) is 33.3 Å². The molecule has 6 nitrogen and oxygen atoms in total. The molecular weight excluding hydrogens is 477 g/mol. The van der Waals surface area contributed by atoms with Crippen molar-refractivity contribution in [1.82, 2.24) is 19.8 Å². The molecule has 0 saturated carbocycles. The van der Waals surface area contributed by atoms with Gasteiger partial charge in [-0.25, -0.2) is 4.98 Å². The van der Waals surface area contributed by atoms with Crippen molar-refractivity contribution in [1.29, 1.82) is 0 Å². The molecule has 0 amide bonds. The van der Waals surface area contributed by atoms with Gasteiger partial charge in [0.25, 0.3) is 0 Å². The monoisotopic (exact) mass is 511 g/mol. The molecule has 0 spiro atoms. The van der Waals surface area contributed by atoms with E-state index < -0.39 is 0 Å². The Hall–Kier alpha value is -1.77. The van der Waals surface area contributed by atoms with E-state index in [1.165, 1.54) is 5.56 Å². The van der Waals surface area contributed by atoms with Crippen molar-refractivity contribution in [2.24, 2.45) is 10.9 Å². The number of ether oxygens (including phenoxy) is 1. The van der Waals surface area contributed by atoms with Gasteiger partial charge in [-0.15, -0.1) is 24.0 Å². The Morgan fingerprint density at radius 1 is 1.38 bits per heavy atom. The van der Waals surface area contributed by atoms with E-state index in [1.54, 1.807) is 0 Å². The zero-order valence-corrected chi connectivity index (χ0v) is 20.1. The highest BCUT2D eigenvalue weighted by Crippen LogP contribution is 2.27. The van der Waals surface area contributed by atoms with Gasteiger partial charge in [0.1, 0.15) is 5.75 Å². The van der Waals surface area contributed by atoms with Crippen molar-refractivity contribution in [3.63, 3.8) is 0 Å². The summed E-state index contributed by atoms with van der Waals surface area (Å²) >= 11 is 0. The summed E-state index contributed by atoms with van der Waals surface area (Å²) in [7, 11) is 1.87. The molecule has 2 heterocycles. The maximum atomic E-state index is 5.74. The van der Waals surface area contributed by atoms with Gasteiger partial charge in [0.15, 0.2) is 5.96 Å². The van der Waals surface area contributed by atoms with Crippen molar-refractivity contribution in [3.05, 3.63) is 48.5 Å². The first-order chi connectivity index (χ1) is 13.7. The van der Waals surface area contributed by atoms with Crippen LogP contribution in [0.1, 0.15) is 38.3 Å². The summed E-state index contributed by atoms with van der Waals surface area (Å²) in [4.78, 5) is 11.1. The number of aromatic nitrogens is 2. The molecular formula is C22H34IN5O. The number of rotatable bonds is 7. The highest BCUT2D eigenvalue weighted by molar-refractivity contribution is 14.0. The third-order valence-corrected chi connectivity index (χ3v) is 5.41. The molecule has 3 rings (SSSR count). The number of hydrogen-bond acceptors (Lipinski definition) is 3. The van der Waals surface area contributed by atoms with Gasteiger partial charge in [0.05, 0.1) is 19.0 Å². The van der Waals surface area contributed by atoms with Crippen LogP contribution in [0, 0.1) is 5.92 Å². The van der Waals surface area contributed by atoms with Gasteiger partial charge in [-0.05, 0) is 42.9 Å². The van der Waals surface area contributed by atoms with E-state index >= 15 is 0 Å². The summed E-state index contributed by atoms with van der Waals surface area (Å²) in [6.07, 6.45) is 8.97. The third-order valence-electron chi connectivity index (χ3n) is 5.41. The Bertz CT molecular complexity index is 749. The predicted octanol–water partition coefficient (Wildman–Crippen LogP) is 3.99. The molecule has 1 aromatic heterocycles.